The van der Waals surface area contributed by atoms with Crippen molar-refractivity contribution in [3.8, 4) is 156 Å². The van der Waals surface area contributed by atoms with Gasteiger partial charge in [0, 0.05) is 55.8 Å². The molecule has 0 aliphatic heterocycles. The molecule has 9 heterocycles. The second kappa shape index (κ2) is 32.4. The molecule has 0 saturated heterocycles. The largest absolute Gasteiger partial charge is 3.00 e. The van der Waals surface area contributed by atoms with E-state index in [0.717, 1.165) is 238 Å². The minimum absolute atomic E-state index is 0. The first-order valence-corrected chi connectivity index (χ1v) is 40.4. The molecule has 0 fully saturated rings. The fourth-order valence-corrected chi connectivity index (χ4v) is 17.4. The van der Waals surface area contributed by atoms with E-state index in [9.17, 15) is 0 Å². The van der Waals surface area contributed by atoms with Crippen LogP contribution in [0.25, 0.3) is 243 Å². The van der Waals surface area contributed by atoms with Gasteiger partial charge in [-0.1, -0.05) is 264 Å². The monoisotopic (exact) mass is 1930 g/mol. The van der Waals surface area contributed by atoms with Crippen LogP contribution < -0.4 is 0 Å². The van der Waals surface area contributed by atoms with E-state index in [0.29, 0.717) is 5.82 Å². The molecule has 0 aliphatic rings. The number of benzene rings is 14. The van der Waals surface area contributed by atoms with Crippen LogP contribution in [0.15, 0.2) is 377 Å². The number of nitrogens with zero attached hydrogens (tertiary/aromatic N) is 10. The summed E-state index contributed by atoms with van der Waals surface area (Å²) < 4.78 is 0. The Balaban J connectivity index is 0.00000471. The van der Waals surface area contributed by atoms with Gasteiger partial charge >= 0.3 is 40.2 Å². The van der Waals surface area contributed by atoms with Crippen LogP contribution in [0.5, 0.6) is 0 Å². The number of aromatic nitrogens is 10. The molecule has 0 N–H and O–H groups in total. The van der Waals surface area contributed by atoms with Crippen LogP contribution in [0.2, 0.25) is 0 Å². The Bertz CT molecular complexity index is 7340. The molecule has 578 valence electrons. The van der Waals surface area contributed by atoms with E-state index in [1.165, 1.54) is 0 Å². The zero-order chi connectivity index (χ0) is 80.6. The maximum Gasteiger partial charge on any atom is 3.00 e. The molecule has 0 saturated carbocycles. The molecule has 9 aromatic heterocycles. The molecule has 124 heavy (non-hydrogen) atoms. The van der Waals surface area contributed by atoms with Crippen LogP contribution in [0.3, 0.4) is 0 Å². The van der Waals surface area contributed by atoms with Gasteiger partial charge in [-0.25, -0.2) is 0 Å². The van der Waals surface area contributed by atoms with Crippen molar-refractivity contribution in [3.63, 3.8) is 0 Å². The minimum Gasteiger partial charge on any atom is -0.327 e. The summed E-state index contributed by atoms with van der Waals surface area (Å²) in [6.45, 7) is 0. The van der Waals surface area contributed by atoms with Crippen molar-refractivity contribution >= 4 is 87.2 Å². The van der Waals surface area contributed by atoms with E-state index >= 15 is 0 Å². The molecule has 14 aromatic carbocycles. The molecule has 0 radical (unpaired) electrons. The second-order valence-corrected chi connectivity index (χ2v) is 30.5. The van der Waals surface area contributed by atoms with E-state index in [1.807, 2.05) is 110 Å². The van der Waals surface area contributed by atoms with Crippen LogP contribution in [-0.2, 0) is 40.2 Å². The molecule has 12 heteroatoms. The standard InChI is InChI=1S/C112H62N10.2Ir/c1-7-27-93(81-55-83(95-29-9-3-23-89(95)73-41-45-99-104(61-73)118-65-77-17-13-50-113-108(77)99)59-84(56-81)96-30-10-4-24-90(96)74-42-46-100-105(62-74)119-66-78-18-14-51-114-109(78)100)87(21-1)69-33-37-71(38-34-69)103-49-54-117-112(122-103)72-39-35-70(36-40-72)88-22-2-8-28-94(88)82-57-85(97-31-11-5-25-91(97)75-43-47-101-106(63-75)120-67-79-19-15-52-115-110(79)101)60-86(58-82)98-32-12-6-26-92(98)76-44-48-102-107(64-76)121-68-80-20-16-53-116-111(80)102;;/h1-37,39,41-44,49-68H;;/q-6;2*+3. The Morgan fingerprint density at radius 2 is 0.435 bits per heavy atom. The van der Waals surface area contributed by atoms with Crippen molar-refractivity contribution in [3.05, 3.63) is 414 Å². The molecule has 0 atom stereocenters. The number of fused-ring (bicyclic) bond motifs is 12. The molecular formula is C112H62Ir2N10. The van der Waals surface area contributed by atoms with Gasteiger partial charge in [-0.05, 0) is 199 Å². The smallest absolute Gasteiger partial charge is 0.327 e. The zero-order valence-corrected chi connectivity index (χ0v) is 70.7. The number of rotatable bonds is 14. The van der Waals surface area contributed by atoms with Crippen LogP contribution in [-0.4, -0.2) is 49.8 Å². The third-order valence-electron chi connectivity index (χ3n) is 23.3. The third kappa shape index (κ3) is 13.9. The van der Waals surface area contributed by atoms with Gasteiger partial charge in [0.15, 0.2) is 0 Å². The molecule has 23 rings (SSSR count). The first kappa shape index (κ1) is 76.2. The fourth-order valence-electron chi connectivity index (χ4n) is 17.4. The van der Waals surface area contributed by atoms with E-state index < -0.39 is 0 Å². The average Bonchev–Trinajstić information content (AvgIpc) is 0.717. The average molecular weight is 1930 g/mol. The Hall–Kier alpha value is -15.3. The summed E-state index contributed by atoms with van der Waals surface area (Å²) in [5, 5.41) is 7.45. The number of hydrogen-bond acceptors (Lipinski definition) is 10. The first-order valence-electron chi connectivity index (χ1n) is 40.4. The van der Waals surface area contributed by atoms with Gasteiger partial charge in [0.1, 0.15) is 0 Å². The van der Waals surface area contributed by atoms with E-state index in [-0.39, 0.29) is 40.2 Å². The first-order chi connectivity index (χ1) is 60.4. The molecule has 0 amide bonds. The SMILES string of the molecule is [Ir+3].[Ir+3].[c-]1cc(-c2ccccc2-c2cc(-c3ccccc3-c3c[c-]c4c(c3)ncc3cccnc34)cc(-c3ccccc3-c3c[c-]c4c(c3)ncc3cccnc34)c2)ccc1-c1ccnc(-c2[c-]cc(-c3ccccc3-c3cc(-c4ccccc4-c4c[c-]c5c(c4)ncc4cccnc45)cc(-c4ccccc4-c4c[c-]c5c(c4)ncc4cccnc45)c3)cc2)n1. The Kier molecular flexibility index (Phi) is 19.9. The van der Waals surface area contributed by atoms with Gasteiger partial charge in [0.2, 0.25) is 0 Å². The van der Waals surface area contributed by atoms with E-state index in [2.05, 4.69) is 303 Å². The van der Waals surface area contributed by atoms with Gasteiger partial charge in [-0.3, -0.25) is 4.98 Å². The summed E-state index contributed by atoms with van der Waals surface area (Å²) in [5.74, 6) is 0.552. The van der Waals surface area contributed by atoms with Gasteiger partial charge in [-0.15, -0.1) is 132 Å². The van der Waals surface area contributed by atoms with Gasteiger partial charge in [0.25, 0.3) is 0 Å². The molecule has 23 aromatic rings. The molecule has 0 spiro atoms. The Labute approximate surface area is 741 Å². The van der Waals surface area contributed by atoms with Crippen LogP contribution in [0.1, 0.15) is 0 Å². The quantitative estimate of drug-likeness (QED) is 0.0766. The summed E-state index contributed by atoms with van der Waals surface area (Å²) in [6, 6.07) is 135. The zero-order valence-electron chi connectivity index (χ0n) is 65.9. The Morgan fingerprint density at radius 3 is 0.702 bits per heavy atom. The summed E-state index contributed by atoms with van der Waals surface area (Å²) >= 11 is 0. The predicted molar refractivity (Wildman–Crippen MR) is 494 cm³/mol. The van der Waals surface area contributed by atoms with Crippen LogP contribution in [0, 0.1) is 36.4 Å². The minimum atomic E-state index is 0. The van der Waals surface area contributed by atoms with Crippen molar-refractivity contribution in [2.24, 2.45) is 0 Å². The maximum absolute atomic E-state index is 5.22. The maximum atomic E-state index is 5.22. The van der Waals surface area contributed by atoms with Gasteiger partial charge in [-0.2, -0.15) is 0 Å². The number of hydrogen-bond donors (Lipinski definition) is 0. The normalized spacial score (nSPS) is 11.4. The summed E-state index contributed by atoms with van der Waals surface area (Å²) in [7, 11) is 0. The fraction of sp³-hybridized carbons (Fsp3) is 0. The topological polar surface area (TPSA) is 129 Å². The van der Waals surface area contributed by atoms with Crippen molar-refractivity contribution in [2.75, 3.05) is 0 Å². The molecule has 0 unspecified atom stereocenters. The second-order valence-electron chi connectivity index (χ2n) is 30.5. The summed E-state index contributed by atoms with van der Waals surface area (Å²) in [5.41, 5.74) is 34.1. The predicted octanol–water partition coefficient (Wildman–Crippen LogP) is 27.0. The van der Waals surface area contributed by atoms with Gasteiger partial charge in [0.05, 0.1) is 5.82 Å². The molecule has 0 aliphatic carbocycles. The van der Waals surface area contributed by atoms with E-state index in [4.69, 9.17) is 49.8 Å². The molecule has 10 nitrogen and oxygen atoms in total. The van der Waals surface area contributed by atoms with Crippen LogP contribution in [0.4, 0.5) is 0 Å². The van der Waals surface area contributed by atoms with Crippen LogP contribution >= 0.6 is 0 Å². The van der Waals surface area contributed by atoms with Gasteiger partial charge < -0.3 is 44.9 Å². The van der Waals surface area contributed by atoms with Crippen molar-refractivity contribution in [1.29, 1.82) is 0 Å². The third-order valence-corrected chi connectivity index (χ3v) is 23.3. The van der Waals surface area contributed by atoms with Crippen molar-refractivity contribution in [1.82, 2.24) is 49.8 Å². The summed E-state index contributed by atoms with van der Waals surface area (Å²) in [4.78, 5) is 48.7. The Morgan fingerprint density at radius 1 is 0.185 bits per heavy atom. The van der Waals surface area contributed by atoms with Crippen molar-refractivity contribution in [2.45, 2.75) is 0 Å². The van der Waals surface area contributed by atoms with Crippen molar-refractivity contribution < 1.29 is 40.2 Å². The molecular weight excluding hydrogens is 1870 g/mol. The number of pyridine rings is 8. The molecule has 0 bridgehead atoms. The summed E-state index contributed by atoms with van der Waals surface area (Å²) in [6.07, 6.45) is 16.7. The van der Waals surface area contributed by atoms with E-state index in [1.54, 1.807) is 0 Å².